The quantitative estimate of drug-likeness (QED) is 0.822. The first-order valence-electron chi connectivity index (χ1n) is 6.68. The number of amides is 1. The molecule has 1 unspecified atom stereocenters. The number of hydrogen-bond donors (Lipinski definition) is 1. The van der Waals surface area contributed by atoms with E-state index in [9.17, 15) is 4.79 Å². The number of benzene rings is 1. The van der Waals surface area contributed by atoms with Crippen LogP contribution in [0.2, 0.25) is 0 Å². The Bertz CT molecular complexity index is 615. The van der Waals surface area contributed by atoms with Crippen LogP contribution in [0.3, 0.4) is 0 Å². The maximum absolute atomic E-state index is 12.3. The van der Waals surface area contributed by atoms with Crippen molar-refractivity contribution in [3.8, 4) is 0 Å². The van der Waals surface area contributed by atoms with Crippen LogP contribution >= 0.6 is 0 Å². The smallest absolute Gasteiger partial charge is 0.233 e. The molecular weight excluding hydrogens is 236 g/mol. The van der Waals surface area contributed by atoms with Crippen LogP contribution in [0.25, 0.3) is 6.08 Å². The molecule has 0 aliphatic carbocycles. The van der Waals surface area contributed by atoms with Crippen molar-refractivity contribution >= 4 is 17.7 Å². The zero-order valence-electron chi connectivity index (χ0n) is 11.5. The van der Waals surface area contributed by atoms with Gasteiger partial charge in [-0.2, -0.15) is 0 Å². The van der Waals surface area contributed by atoms with Crippen molar-refractivity contribution in [1.82, 2.24) is 4.90 Å². The molecule has 3 rings (SSSR count). The number of allylic oxidation sites excluding steroid dienone is 1. The van der Waals surface area contributed by atoms with E-state index < -0.39 is 5.54 Å². The fourth-order valence-electron chi connectivity index (χ4n) is 3.63. The second-order valence-corrected chi connectivity index (χ2v) is 5.68. The molecule has 19 heavy (non-hydrogen) atoms. The first-order chi connectivity index (χ1) is 8.99. The molecule has 0 saturated carbocycles. The normalized spacial score (nSPS) is 25.5. The molecule has 0 bridgehead atoms. The number of fused-ring (bicyclic) bond motifs is 3. The van der Waals surface area contributed by atoms with Gasteiger partial charge in [-0.3, -0.25) is 4.79 Å². The number of nitrogens with one attached hydrogen (secondary N) is 1. The van der Waals surface area contributed by atoms with E-state index in [4.69, 9.17) is 5.41 Å². The molecule has 2 aliphatic rings. The minimum atomic E-state index is -0.577. The third-order valence-corrected chi connectivity index (χ3v) is 4.31. The Hall–Kier alpha value is -1.90. The lowest BCUT2D eigenvalue weighted by Crippen LogP contribution is -2.51. The summed E-state index contributed by atoms with van der Waals surface area (Å²) >= 11 is 0. The predicted octanol–water partition coefficient (Wildman–Crippen LogP) is 3.16. The third-order valence-electron chi connectivity index (χ3n) is 4.31. The van der Waals surface area contributed by atoms with E-state index in [-0.39, 0.29) is 18.2 Å². The molecule has 1 saturated heterocycles. The van der Waals surface area contributed by atoms with Crippen LogP contribution in [0, 0.1) is 11.3 Å². The Morgan fingerprint density at radius 2 is 2.00 bits per heavy atom. The van der Waals surface area contributed by atoms with E-state index in [2.05, 4.69) is 26.0 Å². The van der Waals surface area contributed by atoms with Gasteiger partial charge in [0.2, 0.25) is 5.91 Å². The lowest BCUT2D eigenvalue weighted by Gasteiger charge is -2.45. The van der Waals surface area contributed by atoms with Crippen LogP contribution in [0.4, 0.5) is 0 Å². The largest absolute Gasteiger partial charge is 0.306 e. The maximum atomic E-state index is 12.3. The third kappa shape index (κ3) is 1.33. The molecule has 3 nitrogen and oxygen atoms in total. The standard InChI is InChI=1S/C16H18N2O/c1-10(2)16-13-7-5-4-6-12(13)8-11(3)18(16)15(19)9-14(16)17/h4-8,10,17H,9H2,1-3H3. The minimum Gasteiger partial charge on any atom is -0.306 e. The predicted molar refractivity (Wildman–Crippen MR) is 75.8 cm³/mol. The molecule has 3 heteroatoms. The lowest BCUT2D eigenvalue weighted by atomic mass is 9.72. The van der Waals surface area contributed by atoms with Gasteiger partial charge in [0.15, 0.2) is 0 Å². The van der Waals surface area contributed by atoms with Crippen molar-refractivity contribution in [2.45, 2.75) is 32.7 Å². The Balaban J connectivity index is 2.38. The van der Waals surface area contributed by atoms with Gasteiger partial charge in [0.25, 0.3) is 0 Å². The molecule has 2 heterocycles. The van der Waals surface area contributed by atoms with Crippen molar-refractivity contribution in [1.29, 1.82) is 5.41 Å². The van der Waals surface area contributed by atoms with Crippen LogP contribution in [0.15, 0.2) is 30.0 Å². The Labute approximate surface area is 113 Å². The van der Waals surface area contributed by atoms with Crippen LogP contribution in [0.1, 0.15) is 38.3 Å². The molecule has 98 valence electrons. The highest BCUT2D eigenvalue weighted by Crippen LogP contribution is 2.49. The van der Waals surface area contributed by atoms with Gasteiger partial charge in [0.05, 0.1) is 6.42 Å². The summed E-state index contributed by atoms with van der Waals surface area (Å²) in [6, 6.07) is 8.12. The summed E-state index contributed by atoms with van der Waals surface area (Å²) in [7, 11) is 0. The van der Waals surface area contributed by atoms with E-state index in [1.54, 1.807) is 0 Å². The average molecular weight is 254 g/mol. The van der Waals surface area contributed by atoms with Crippen molar-refractivity contribution in [2.75, 3.05) is 0 Å². The molecule has 1 aromatic carbocycles. The van der Waals surface area contributed by atoms with Gasteiger partial charge >= 0.3 is 0 Å². The van der Waals surface area contributed by atoms with Crippen molar-refractivity contribution < 1.29 is 4.79 Å². The zero-order valence-corrected chi connectivity index (χ0v) is 11.5. The van der Waals surface area contributed by atoms with Gasteiger partial charge in [-0.1, -0.05) is 38.1 Å². The summed E-state index contributed by atoms with van der Waals surface area (Å²) < 4.78 is 0. The number of nitrogens with zero attached hydrogens (tertiary/aromatic N) is 1. The molecule has 1 N–H and O–H groups in total. The van der Waals surface area contributed by atoms with E-state index >= 15 is 0 Å². The van der Waals surface area contributed by atoms with Gasteiger partial charge in [-0.25, -0.2) is 0 Å². The monoisotopic (exact) mass is 254 g/mol. The number of carbonyl (C=O) groups excluding carboxylic acids is 1. The van der Waals surface area contributed by atoms with E-state index in [1.807, 2.05) is 30.0 Å². The van der Waals surface area contributed by atoms with Gasteiger partial charge in [-0.05, 0) is 30.0 Å². The van der Waals surface area contributed by atoms with Gasteiger partial charge in [0, 0.05) is 11.4 Å². The lowest BCUT2D eigenvalue weighted by molar-refractivity contribution is -0.130. The summed E-state index contributed by atoms with van der Waals surface area (Å²) in [6.07, 6.45) is 2.28. The van der Waals surface area contributed by atoms with Crippen LogP contribution in [-0.2, 0) is 10.3 Å². The SMILES string of the molecule is CC1=Cc2ccccc2C2(C(C)C)C(=N)CC(=O)N12. The second kappa shape index (κ2) is 3.80. The second-order valence-electron chi connectivity index (χ2n) is 5.68. The highest BCUT2D eigenvalue weighted by atomic mass is 16.2. The number of rotatable bonds is 1. The van der Waals surface area contributed by atoms with Gasteiger partial charge in [0.1, 0.15) is 5.54 Å². The van der Waals surface area contributed by atoms with Gasteiger partial charge in [-0.15, -0.1) is 0 Å². The van der Waals surface area contributed by atoms with E-state index in [0.717, 1.165) is 16.8 Å². The minimum absolute atomic E-state index is 0.0435. The van der Waals surface area contributed by atoms with Crippen LogP contribution in [-0.4, -0.2) is 16.5 Å². The molecule has 2 aliphatic heterocycles. The molecule has 0 radical (unpaired) electrons. The number of hydrogen-bond acceptors (Lipinski definition) is 2. The summed E-state index contributed by atoms with van der Waals surface area (Å²) in [5, 5.41) is 8.41. The summed E-state index contributed by atoms with van der Waals surface area (Å²) in [5.74, 6) is 0.221. The van der Waals surface area contributed by atoms with Crippen molar-refractivity contribution in [2.24, 2.45) is 5.92 Å². The Morgan fingerprint density at radius 3 is 2.68 bits per heavy atom. The fourth-order valence-corrected chi connectivity index (χ4v) is 3.63. The van der Waals surface area contributed by atoms with E-state index in [1.165, 1.54) is 0 Å². The van der Waals surface area contributed by atoms with Crippen molar-refractivity contribution in [3.63, 3.8) is 0 Å². The summed E-state index contributed by atoms with van der Waals surface area (Å²) in [4.78, 5) is 14.1. The average Bonchev–Trinajstić information content (AvgIpc) is 2.63. The van der Waals surface area contributed by atoms with Crippen LogP contribution < -0.4 is 0 Å². The molecule has 1 aromatic rings. The first kappa shape index (κ1) is 12.2. The summed E-state index contributed by atoms with van der Waals surface area (Å²) in [5.41, 5.74) is 3.11. The highest BCUT2D eigenvalue weighted by Gasteiger charge is 2.55. The van der Waals surface area contributed by atoms with E-state index in [0.29, 0.717) is 5.71 Å². The topological polar surface area (TPSA) is 44.2 Å². The Morgan fingerprint density at radius 1 is 1.32 bits per heavy atom. The molecule has 1 amide bonds. The number of carbonyl (C=O) groups is 1. The molecule has 1 fully saturated rings. The fraction of sp³-hybridized carbons (Fsp3) is 0.375. The molecule has 0 aromatic heterocycles. The molecule has 1 atom stereocenters. The molecule has 0 spiro atoms. The highest BCUT2D eigenvalue weighted by molar-refractivity contribution is 6.14. The zero-order chi connectivity index (χ0) is 13.8. The van der Waals surface area contributed by atoms with Crippen molar-refractivity contribution in [3.05, 3.63) is 41.1 Å². The molecular formula is C16H18N2O. The summed E-state index contributed by atoms with van der Waals surface area (Å²) in [6.45, 7) is 6.15. The Kier molecular flexibility index (Phi) is 2.43. The first-order valence-corrected chi connectivity index (χ1v) is 6.68. The van der Waals surface area contributed by atoms with Gasteiger partial charge < -0.3 is 10.3 Å². The maximum Gasteiger partial charge on any atom is 0.233 e. The van der Waals surface area contributed by atoms with Crippen LogP contribution in [0.5, 0.6) is 0 Å².